The van der Waals surface area contributed by atoms with E-state index in [1.807, 2.05) is 24.0 Å². The van der Waals surface area contributed by atoms with Crippen LogP contribution in [0.1, 0.15) is 42.0 Å². The summed E-state index contributed by atoms with van der Waals surface area (Å²) in [6, 6.07) is 11.9. The van der Waals surface area contributed by atoms with Gasteiger partial charge in [0.25, 0.3) is 10.0 Å². The third kappa shape index (κ3) is 4.00. The minimum Gasteiger partial charge on any atom is -0.361 e. The number of aromatic nitrogens is 1. The third-order valence-corrected chi connectivity index (χ3v) is 10.2. The van der Waals surface area contributed by atoms with E-state index in [1.165, 1.54) is 26.6 Å². The number of aryl methyl sites for hydroxylation is 1. The molecule has 8 heteroatoms. The number of rotatable bonds is 4. The van der Waals surface area contributed by atoms with Gasteiger partial charge in [0.05, 0.1) is 5.92 Å². The van der Waals surface area contributed by atoms with Crippen LogP contribution in [-0.4, -0.2) is 54.7 Å². The van der Waals surface area contributed by atoms with Gasteiger partial charge in [0.1, 0.15) is 4.21 Å². The molecule has 1 amide bonds. The second kappa shape index (κ2) is 8.65. The van der Waals surface area contributed by atoms with E-state index >= 15 is 0 Å². The molecule has 0 aliphatic carbocycles. The van der Waals surface area contributed by atoms with Crippen molar-refractivity contribution in [3.05, 3.63) is 53.0 Å². The van der Waals surface area contributed by atoms with Crippen LogP contribution < -0.4 is 0 Å². The number of nitrogens with one attached hydrogen (secondary N) is 1. The second-order valence-electron chi connectivity index (χ2n) is 8.96. The van der Waals surface area contributed by atoms with E-state index in [0.717, 1.165) is 49.2 Å². The molecule has 5 rings (SSSR count). The normalized spacial score (nSPS) is 21.3. The Bertz CT molecular complexity index is 1220. The fourth-order valence-electron chi connectivity index (χ4n) is 5.14. The van der Waals surface area contributed by atoms with Gasteiger partial charge >= 0.3 is 0 Å². The highest BCUT2D eigenvalue weighted by atomic mass is 32.2. The summed E-state index contributed by atoms with van der Waals surface area (Å²) in [7, 11) is -3.52. The Hall–Kier alpha value is -2.16. The fraction of sp³-hybridized carbons (Fsp3) is 0.458. The lowest BCUT2D eigenvalue weighted by molar-refractivity contribution is -0.137. The van der Waals surface area contributed by atoms with Gasteiger partial charge in [-0.1, -0.05) is 18.2 Å². The van der Waals surface area contributed by atoms with Crippen LogP contribution in [0.5, 0.6) is 0 Å². The van der Waals surface area contributed by atoms with Crippen molar-refractivity contribution in [3.8, 4) is 0 Å². The summed E-state index contributed by atoms with van der Waals surface area (Å²) in [5.41, 5.74) is 2.50. The van der Waals surface area contributed by atoms with Crippen LogP contribution in [0.4, 0.5) is 0 Å². The van der Waals surface area contributed by atoms with Gasteiger partial charge in [0, 0.05) is 48.2 Å². The number of piperidine rings is 2. The molecule has 2 aromatic heterocycles. The first-order chi connectivity index (χ1) is 15.4. The highest BCUT2D eigenvalue weighted by Crippen LogP contribution is 2.34. The number of hydrogen-bond acceptors (Lipinski definition) is 4. The third-order valence-electron chi connectivity index (χ3n) is 6.91. The Labute approximate surface area is 193 Å². The molecule has 3 aromatic rings. The molecule has 6 nitrogen and oxygen atoms in total. The zero-order valence-electron chi connectivity index (χ0n) is 18.3. The van der Waals surface area contributed by atoms with Gasteiger partial charge in [0.15, 0.2) is 0 Å². The summed E-state index contributed by atoms with van der Waals surface area (Å²) in [6.07, 6.45) is 5.49. The van der Waals surface area contributed by atoms with Crippen LogP contribution in [0, 0.1) is 12.8 Å². The quantitative estimate of drug-likeness (QED) is 0.615. The molecule has 0 spiro atoms. The summed E-state index contributed by atoms with van der Waals surface area (Å²) in [4.78, 5) is 19.6. The van der Waals surface area contributed by atoms with Crippen LogP contribution >= 0.6 is 11.3 Å². The van der Waals surface area contributed by atoms with Crippen molar-refractivity contribution >= 4 is 38.2 Å². The van der Waals surface area contributed by atoms with Crippen molar-refractivity contribution in [1.29, 1.82) is 0 Å². The lowest BCUT2D eigenvalue weighted by atomic mass is 9.88. The number of carbonyl (C=O) groups excluding carboxylic acids is 1. The van der Waals surface area contributed by atoms with Crippen molar-refractivity contribution in [1.82, 2.24) is 14.2 Å². The average molecular weight is 472 g/mol. The predicted molar refractivity (Wildman–Crippen MR) is 127 cm³/mol. The lowest BCUT2D eigenvalue weighted by Crippen LogP contribution is -2.48. The molecule has 0 radical (unpaired) electrons. The van der Waals surface area contributed by atoms with Crippen molar-refractivity contribution in [2.24, 2.45) is 5.92 Å². The van der Waals surface area contributed by atoms with Crippen molar-refractivity contribution in [2.75, 3.05) is 26.2 Å². The summed E-state index contributed by atoms with van der Waals surface area (Å²) in [6.45, 7) is 4.16. The summed E-state index contributed by atoms with van der Waals surface area (Å²) >= 11 is 1.30. The van der Waals surface area contributed by atoms with Crippen LogP contribution in [0.25, 0.3) is 10.9 Å². The van der Waals surface area contributed by atoms with E-state index in [1.54, 1.807) is 6.07 Å². The lowest BCUT2D eigenvalue weighted by Gasteiger charge is -2.37. The van der Waals surface area contributed by atoms with Crippen LogP contribution in [0.15, 0.2) is 46.8 Å². The van der Waals surface area contributed by atoms with E-state index in [9.17, 15) is 13.2 Å². The summed E-state index contributed by atoms with van der Waals surface area (Å²) in [5, 5.41) is 1.27. The number of aromatic amines is 1. The molecular formula is C24H29N3O3S2. The van der Waals surface area contributed by atoms with Gasteiger partial charge in [-0.2, -0.15) is 4.31 Å². The minimum absolute atomic E-state index is 0.115. The van der Waals surface area contributed by atoms with Gasteiger partial charge < -0.3 is 9.88 Å². The molecule has 4 heterocycles. The zero-order valence-corrected chi connectivity index (χ0v) is 19.9. The maximum Gasteiger partial charge on any atom is 0.252 e. The number of benzene rings is 1. The van der Waals surface area contributed by atoms with Gasteiger partial charge in [-0.25, -0.2) is 8.42 Å². The van der Waals surface area contributed by atoms with Crippen molar-refractivity contribution in [2.45, 2.75) is 42.7 Å². The first-order valence-corrected chi connectivity index (χ1v) is 13.6. The first-order valence-electron chi connectivity index (χ1n) is 11.3. The van der Waals surface area contributed by atoms with Gasteiger partial charge in [-0.3, -0.25) is 4.79 Å². The molecule has 1 unspecified atom stereocenters. The Balaban J connectivity index is 1.23. The number of carbonyl (C=O) groups is 1. The number of hydrogen-bond donors (Lipinski definition) is 1. The van der Waals surface area contributed by atoms with Crippen LogP contribution in [-0.2, 0) is 14.8 Å². The van der Waals surface area contributed by atoms with Crippen molar-refractivity contribution in [3.63, 3.8) is 0 Å². The van der Waals surface area contributed by atoms with Crippen LogP contribution in [0.3, 0.4) is 0 Å². The average Bonchev–Trinajstić information content (AvgIpc) is 3.46. The molecule has 0 saturated carbocycles. The SMILES string of the molecule is Cc1ccc(S(=O)(=O)N2CCCC(C(=O)N3CCC(c4c[nH]c5ccccc45)CC3)C2)s1. The van der Waals surface area contributed by atoms with E-state index < -0.39 is 10.0 Å². The molecule has 0 bridgehead atoms. The number of sulfonamides is 1. The summed E-state index contributed by atoms with van der Waals surface area (Å²) < 4.78 is 28.0. The molecule has 2 saturated heterocycles. The van der Waals surface area contributed by atoms with E-state index in [2.05, 4.69) is 29.4 Å². The number of amides is 1. The number of H-pyrrole nitrogens is 1. The van der Waals surface area contributed by atoms with Gasteiger partial charge in [-0.15, -0.1) is 11.3 Å². The number of para-hydroxylation sites is 1. The Morgan fingerprint density at radius 3 is 2.59 bits per heavy atom. The van der Waals surface area contributed by atoms with Gasteiger partial charge in [-0.05, 0) is 62.3 Å². The number of nitrogens with zero attached hydrogens (tertiary/aromatic N) is 2. The molecule has 1 aromatic carbocycles. The monoisotopic (exact) mass is 471 g/mol. The predicted octanol–water partition coefficient (Wildman–Crippen LogP) is 4.34. The highest BCUT2D eigenvalue weighted by molar-refractivity contribution is 7.91. The fourth-order valence-corrected chi connectivity index (χ4v) is 8.10. The molecule has 32 heavy (non-hydrogen) atoms. The number of likely N-dealkylation sites (tertiary alicyclic amines) is 1. The minimum atomic E-state index is -3.52. The molecule has 1 N–H and O–H groups in total. The molecule has 170 valence electrons. The Morgan fingerprint density at radius 1 is 1.06 bits per heavy atom. The Kier molecular flexibility index (Phi) is 5.86. The maximum absolute atomic E-state index is 13.3. The second-order valence-corrected chi connectivity index (χ2v) is 12.4. The summed E-state index contributed by atoms with van der Waals surface area (Å²) in [5.74, 6) is 0.314. The highest BCUT2D eigenvalue weighted by Gasteiger charge is 2.36. The van der Waals surface area contributed by atoms with E-state index in [4.69, 9.17) is 0 Å². The molecule has 2 aliphatic rings. The van der Waals surface area contributed by atoms with Crippen LogP contribution in [0.2, 0.25) is 0 Å². The van der Waals surface area contributed by atoms with E-state index in [0.29, 0.717) is 23.2 Å². The zero-order chi connectivity index (χ0) is 22.3. The molecule has 1 atom stereocenters. The Morgan fingerprint density at radius 2 is 1.84 bits per heavy atom. The number of fused-ring (bicyclic) bond motifs is 1. The van der Waals surface area contributed by atoms with E-state index in [-0.39, 0.29) is 11.8 Å². The largest absolute Gasteiger partial charge is 0.361 e. The molecular weight excluding hydrogens is 442 g/mol. The standard InChI is InChI=1S/C24H29N3O3S2/c1-17-8-9-23(31-17)32(29,30)27-12-4-5-19(16-27)24(28)26-13-10-18(11-14-26)21-15-25-22-7-3-2-6-20(21)22/h2-3,6-9,15,18-19,25H,4-5,10-14,16H2,1H3. The molecule has 2 fully saturated rings. The number of thiophene rings is 1. The van der Waals surface area contributed by atoms with Crippen molar-refractivity contribution < 1.29 is 13.2 Å². The first kappa shape index (κ1) is 21.7. The molecule has 2 aliphatic heterocycles. The maximum atomic E-state index is 13.3. The topological polar surface area (TPSA) is 73.5 Å². The van der Waals surface area contributed by atoms with Gasteiger partial charge in [0.2, 0.25) is 5.91 Å². The smallest absolute Gasteiger partial charge is 0.252 e.